The highest BCUT2D eigenvalue weighted by Gasteiger charge is 2.33. The van der Waals surface area contributed by atoms with Crippen molar-refractivity contribution < 1.29 is 9.21 Å². The SMILES string of the molecule is CN1CCN([C@@H](c2ccncc2)c2c(NC(=O)c3ccco3)sc3c2CCCC3)CC1. The van der Waals surface area contributed by atoms with E-state index in [0.29, 0.717) is 5.76 Å². The van der Waals surface area contributed by atoms with Crippen molar-refractivity contribution in [1.29, 1.82) is 0 Å². The van der Waals surface area contributed by atoms with Crippen molar-refractivity contribution in [1.82, 2.24) is 14.8 Å². The van der Waals surface area contributed by atoms with Crippen molar-refractivity contribution in [2.45, 2.75) is 31.7 Å². The van der Waals surface area contributed by atoms with Crippen molar-refractivity contribution in [2.24, 2.45) is 0 Å². The standard InChI is InChI=1S/C24H28N4O2S/c1-27-12-14-28(15-13-27)22(17-8-10-25-11-9-17)21-18-5-2-3-7-20(18)31-24(21)26-23(29)19-6-4-16-30-19/h4,6,8-11,16,22H,2-3,5,7,12-15H2,1H3,(H,26,29)/t22-/m0/s1. The lowest BCUT2D eigenvalue weighted by Crippen LogP contribution is -2.46. The van der Waals surface area contributed by atoms with Gasteiger partial charge >= 0.3 is 0 Å². The van der Waals surface area contributed by atoms with Crippen LogP contribution in [0, 0.1) is 0 Å². The summed E-state index contributed by atoms with van der Waals surface area (Å²) in [6, 6.07) is 7.81. The molecule has 1 saturated heterocycles. The Morgan fingerprint density at radius 2 is 1.90 bits per heavy atom. The summed E-state index contributed by atoms with van der Waals surface area (Å²) in [6.45, 7) is 4.09. The van der Waals surface area contributed by atoms with Gasteiger partial charge in [-0.05, 0) is 68.1 Å². The zero-order chi connectivity index (χ0) is 21.2. The van der Waals surface area contributed by atoms with Crippen LogP contribution in [0.25, 0.3) is 0 Å². The summed E-state index contributed by atoms with van der Waals surface area (Å²) in [5.74, 6) is 0.161. The minimum atomic E-state index is -0.184. The Bertz CT molecular complexity index is 1020. The molecule has 7 heteroatoms. The highest BCUT2D eigenvalue weighted by Crippen LogP contribution is 2.45. The van der Waals surface area contributed by atoms with E-state index in [1.165, 1.54) is 34.4 Å². The summed E-state index contributed by atoms with van der Waals surface area (Å²) in [6.07, 6.45) is 9.87. The molecular formula is C24H28N4O2S. The molecule has 0 saturated carbocycles. The van der Waals surface area contributed by atoms with Crippen LogP contribution in [-0.2, 0) is 12.8 Å². The zero-order valence-corrected chi connectivity index (χ0v) is 18.7. The van der Waals surface area contributed by atoms with E-state index in [0.717, 1.165) is 44.0 Å². The van der Waals surface area contributed by atoms with Gasteiger partial charge in [0.2, 0.25) is 0 Å². The number of furan rings is 1. The van der Waals surface area contributed by atoms with Gasteiger partial charge < -0.3 is 14.6 Å². The Labute approximate surface area is 186 Å². The largest absolute Gasteiger partial charge is 0.459 e. The number of rotatable bonds is 5. The van der Waals surface area contributed by atoms with E-state index in [4.69, 9.17) is 4.42 Å². The normalized spacial score (nSPS) is 18.5. The summed E-state index contributed by atoms with van der Waals surface area (Å²) in [7, 11) is 2.18. The smallest absolute Gasteiger partial charge is 0.291 e. The molecule has 0 spiro atoms. The summed E-state index contributed by atoms with van der Waals surface area (Å²) in [5.41, 5.74) is 3.95. The summed E-state index contributed by atoms with van der Waals surface area (Å²) >= 11 is 1.75. The minimum absolute atomic E-state index is 0.113. The van der Waals surface area contributed by atoms with Crippen LogP contribution < -0.4 is 5.32 Å². The molecular weight excluding hydrogens is 408 g/mol. The summed E-state index contributed by atoms with van der Waals surface area (Å²) < 4.78 is 5.35. The number of fused-ring (bicyclic) bond motifs is 1. The van der Waals surface area contributed by atoms with Crippen molar-refractivity contribution in [2.75, 3.05) is 38.5 Å². The first-order valence-electron chi connectivity index (χ1n) is 11.0. The Balaban J connectivity index is 1.59. The second-order valence-corrected chi connectivity index (χ2v) is 9.51. The third-order valence-corrected chi connectivity index (χ3v) is 7.61. The molecule has 0 unspecified atom stereocenters. The molecule has 0 bridgehead atoms. The average molecular weight is 437 g/mol. The molecule has 2 aliphatic rings. The Morgan fingerprint density at radius 1 is 1.13 bits per heavy atom. The topological polar surface area (TPSA) is 61.6 Å². The number of hydrogen-bond donors (Lipinski definition) is 1. The fraction of sp³-hybridized carbons (Fsp3) is 0.417. The number of amides is 1. The van der Waals surface area contributed by atoms with Gasteiger partial charge in [-0.1, -0.05) is 0 Å². The van der Waals surface area contributed by atoms with Crippen molar-refractivity contribution >= 4 is 22.2 Å². The third kappa shape index (κ3) is 4.18. The molecule has 6 nitrogen and oxygen atoms in total. The highest BCUT2D eigenvalue weighted by atomic mass is 32.1. The van der Waals surface area contributed by atoms with Gasteiger partial charge in [-0.25, -0.2) is 0 Å². The highest BCUT2D eigenvalue weighted by molar-refractivity contribution is 7.16. The molecule has 1 atom stereocenters. The van der Waals surface area contributed by atoms with Crippen LogP contribution in [0.4, 0.5) is 5.00 Å². The van der Waals surface area contributed by atoms with Gasteiger partial charge in [0, 0.05) is 49.0 Å². The average Bonchev–Trinajstić information content (AvgIpc) is 3.45. The maximum absolute atomic E-state index is 12.9. The molecule has 1 amide bonds. The number of carbonyl (C=O) groups excluding carboxylic acids is 1. The quantitative estimate of drug-likeness (QED) is 0.649. The zero-order valence-electron chi connectivity index (χ0n) is 17.8. The van der Waals surface area contributed by atoms with E-state index in [1.807, 2.05) is 12.4 Å². The first-order chi connectivity index (χ1) is 15.2. The lowest BCUT2D eigenvalue weighted by Gasteiger charge is -2.39. The number of nitrogens with zero attached hydrogens (tertiary/aromatic N) is 3. The number of piperazine rings is 1. The number of aryl methyl sites for hydroxylation is 1. The molecule has 5 rings (SSSR count). The molecule has 1 aliphatic carbocycles. The van der Waals surface area contributed by atoms with Gasteiger partial charge in [-0.2, -0.15) is 0 Å². The maximum Gasteiger partial charge on any atom is 0.291 e. The Kier molecular flexibility index (Phi) is 5.89. The second-order valence-electron chi connectivity index (χ2n) is 8.41. The van der Waals surface area contributed by atoms with Crippen LogP contribution in [0.1, 0.15) is 51.0 Å². The number of anilines is 1. The number of nitrogens with one attached hydrogen (secondary N) is 1. The number of thiophene rings is 1. The molecule has 4 heterocycles. The lowest BCUT2D eigenvalue weighted by atomic mass is 9.88. The van der Waals surface area contributed by atoms with Crippen LogP contribution in [0.5, 0.6) is 0 Å². The van der Waals surface area contributed by atoms with Gasteiger partial charge in [0.15, 0.2) is 5.76 Å². The summed E-state index contributed by atoms with van der Waals surface area (Å²) in [4.78, 5) is 23.5. The van der Waals surface area contributed by atoms with Gasteiger partial charge in [0.1, 0.15) is 5.00 Å². The van der Waals surface area contributed by atoms with E-state index in [9.17, 15) is 4.79 Å². The van der Waals surface area contributed by atoms with Crippen LogP contribution >= 0.6 is 11.3 Å². The van der Waals surface area contributed by atoms with Crippen molar-refractivity contribution in [3.63, 3.8) is 0 Å². The predicted octanol–water partition coefficient (Wildman–Crippen LogP) is 4.20. The van der Waals surface area contributed by atoms with Crippen LogP contribution in [0.3, 0.4) is 0 Å². The number of likely N-dealkylation sites (N-methyl/N-ethyl adjacent to an activating group) is 1. The molecule has 31 heavy (non-hydrogen) atoms. The predicted molar refractivity (Wildman–Crippen MR) is 123 cm³/mol. The molecule has 0 radical (unpaired) electrons. The van der Waals surface area contributed by atoms with Crippen LogP contribution in [0.15, 0.2) is 47.3 Å². The Hall–Kier alpha value is -2.48. The fourth-order valence-electron chi connectivity index (χ4n) is 4.73. The Morgan fingerprint density at radius 3 is 2.65 bits per heavy atom. The number of hydrogen-bond acceptors (Lipinski definition) is 6. The molecule has 3 aromatic heterocycles. The van der Waals surface area contributed by atoms with E-state index in [1.54, 1.807) is 29.7 Å². The fourth-order valence-corrected chi connectivity index (χ4v) is 6.05. The first kappa shape index (κ1) is 20.4. The molecule has 1 N–H and O–H groups in total. The maximum atomic E-state index is 12.9. The lowest BCUT2D eigenvalue weighted by molar-refractivity contribution is 0.0996. The van der Waals surface area contributed by atoms with Crippen molar-refractivity contribution in [3.8, 4) is 0 Å². The van der Waals surface area contributed by atoms with Gasteiger partial charge in [0.05, 0.1) is 12.3 Å². The van der Waals surface area contributed by atoms with E-state index in [2.05, 4.69) is 39.3 Å². The first-order valence-corrected chi connectivity index (χ1v) is 11.8. The number of carbonyl (C=O) groups is 1. The minimum Gasteiger partial charge on any atom is -0.459 e. The van der Waals surface area contributed by atoms with E-state index < -0.39 is 0 Å². The molecule has 1 fully saturated rings. The van der Waals surface area contributed by atoms with Crippen LogP contribution in [-0.4, -0.2) is 53.9 Å². The molecule has 162 valence electrons. The molecule has 0 aromatic carbocycles. The van der Waals surface area contributed by atoms with Crippen molar-refractivity contribution in [3.05, 3.63) is 70.3 Å². The molecule has 3 aromatic rings. The third-order valence-electron chi connectivity index (χ3n) is 6.38. The number of pyridine rings is 1. The number of aromatic nitrogens is 1. The van der Waals surface area contributed by atoms with E-state index in [-0.39, 0.29) is 11.9 Å². The summed E-state index contributed by atoms with van der Waals surface area (Å²) in [5, 5.41) is 4.17. The van der Waals surface area contributed by atoms with Crippen LogP contribution in [0.2, 0.25) is 0 Å². The van der Waals surface area contributed by atoms with E-state index >= 15 is 0 Å². The van der Waals surface area contributed by atoms with Gasteiger partial charge in [-0.15, -0.1) is 11.3 Å². The van der Waals surface area contributed by atoms with Gasteiger partial charge in [0.25, 0.3) is 5.91 Å². The van der Waals surface area contributed by atoms with Gasteiger partial charge in [-0.3, -0.25) is 14.7 Å². The monoisotopic (exact) mass is 436 g/mol. The second kappa shape index (κ2) is 8.94. The molecule has 1 aliphatic heterocycles.